The standard InChI is InChI=1S/C8H18.C5H7N/c1-3-5-7-8-6-4-2;1-6-4-2-3-5-6/h3-8H2,1-2H3;2-5H,1H3. The Bertz CT molecular complexity index is 171. The van der Waals surface area contributed by atoms with Crippen LogP contribution in [-0.4, -0.2) is 4.57 Å². The van der Waals surface area contributed by atoms with Crippen LogP contribution in [0.5, 0.6) is 0 Å². The van der Waals surface area contributed by atoms with Crippen LogP contribution in [-0.2, 0) is 7.05 Å². The van der Waals surface area contributed by atoms with E-state index in [2.05, 4.69) is 13.8 Å². The average molecular weight is 195 g/mol. The van der Waals surface area contributed by atoms with Gasteiger partial charge < -0.3 is 4.57 Å². The number of nitrogens with zero attached hydrogens (tertiary/aromatic N) is 1. The highest BCUT2D eigenvalue weighted by Crippen LogP contribution is 2.03. The van der Waals surface area contributed by atoms with Crippen molar-refractivity contribution in [1.29, 1.82) is 0 Å². The van der Waals surface area contributed by atoms with Crippen molar-refractivity contribution in [1.82, 2.24) is 4.57 Å². The topological polar surface area (TPSA) is 4.93 Å². The molecule has 0 N–H and O–H groups in total. The minimum Gasteiger partial charge on any atom is -0.357 e. The molecule has 0 atom stereocenters. The summed E-state index contributed by atoms with van der Waals surface area (Å²) in [6.45, 7) is 4.51. The van der Waals surface area contributed by atoms with Gasteiger partial charge >= 0.3 is 0 Å². The van der Waals surface area contributed by atoms with Gasteiger partial charge in [-0.05, 0) is 12.1 Å². The molecule has 1 rings (SSSR count). The second kappa shape index (κ2) is 10.4. The Kier molecular flexibility index (Phi) is 9.83. The Hall–Kier alpha value is -0.720. The van der Waals surface area contributed by atoms with Gasteiger partial charge in [0.2, 0.25) is 0 Å². The molecule has 0 aliphatic rings. The summed E-state index contributed by atoms with van der Waals surface area (Å²) in [5, 5.41) is 0. The predicted molar refractivity (Wildman–Crippen MR) is 64.5 cm³/mol. The third-order valence-electron chi connectivity index (χ3n) is 2.21. The number of unbranched alkanes of at least 4 members (excludes halogenated alkanes) is 5. The molecule has 0 bridgehead atoms. The van der Waals surface area contributed by atoms with Gasteiger partial charge in [0.25, 0.3) is 0 Å². The van der Waals surface area contributed by atoms with Crippen molar-refractivity contribution in [3.63, 3.8) is 0 Å². The van der Waals surface area contributed by atoms with E-state index >= 15 is 0 Å². The maximum atomic E-state index is 2.26. The van der Waals surface area contributed by atoms with Gasteiger partial charge in [-0.2, -0.15) is 0 Å². The molecule has 14 heavy (non-hydrogen) atoms. The van der Waals surface area contributed by atoms with Gasteiger partial charge in [0.05, 0.1) is 0 Å². The molecule has 0 spiro atoms. The van der Waals surface area contributed by atoms with Crippen molar-refractivity contribution in [2.75, 3.05) is 0 Å². The minimum absolute atomic E-state index is 1.36. The molecule has 0 radical (unpaired) electrons. The fraction of sp³-hybridized carbons (Fsp3) is 0.692. The van der Waals surface area contributed by atoms with Crippen LogP contribution >= 0.6 is 0 Å². The summed E-state index contributed by atoms with van der Waals surface area (Å²) in [6, 6.07) is 4.00. The van der Waals surface area contributed by atoms with E-state index in [0.717, 1.165) is 0 Å². The van der Waals surface area contributed by atoms with Crippen molar-refractivity contribution in [2.24, 2.45) is 7.05 Å². The molecule has 1 heteroatoms. The van der Waals surface area contributed by atoms with Gasteiger partial charge in [0, 0.05) is 19.4 Å². The molecule has 0 saturated heterocycles. The molecule has 0 aliphatic carbocycles. The first-order valence-corrected chi connectivity index (χ1v) is 5.88. The van der Waals surface area contributed by atoms with E-state index in [1.54, 1.807) is 0 Å². The minimum atomic E-state index is 1.36. The first kappa shape index (κ1) is 13.3. The lowest BCUT2D eigenvalue weighted by Gasteiger charge is -1.93. The largest absolute Gasteiger partial charge is 0.357 e. The van der Waals surface area contributed by atoms with Crippen LogP contribution in [0.4, 0.5) is 0 Å². The second-order valence-electron chi connectivity index (χ2n) is 3.76. The van der Waals surface area contributed by atoms with Gasteiger partial charge in [-0.3, -0.25) is 0 Å². The van der Waals surface area contributed by atoms with Crippen LogP contribution in [0.1, 0.15) is 52.4 Å². The van der Waals surface area contributed by atoms with Gasteiger partial charge in [0.1, 0.15) is 0 Å². The van der Waals surface area contributed by atoms with Crippen LogP contribution in [0.3, 0.4) is 0 Å². The van der Waals surface area contributed by atoms with Crippen LogP contribution in [0.2, 0.25) is 0 Å². The second-order valence-corrected chi connectivity index (χ2v) is 3.76. The van der Waals surface area contributed by atoms with Gasteiger partial charge in [0.15, 0.2) is 0 Å². The molecule has 1 aromatic rings. The number of hydrogen-bond donors (Lipinski definition) is 0. The summed E-state index contributed by atoms with van der Waals surface area (Å²) in [4.78, 5) is 0. The van der Waals surface area contributed by atoms with Crippen molar-refractivity contribution in [3.8, 4) is 0 Å². The number of hydrogen-bond acceptors (Lipinski definition) is 0. The van der Waals surface area contributed by atoms with Crippen LogP contribution in [0, 0.1) is 0 Å². The highest BCUT2D eigenvalue weighted by atomic mass is 14.9. The molecule has 1 nitrogen and oxygen atoms in total. The fourth-order valence-corrected chi connectivity index (χ4v) is 1.27. The van der Waals surface area contributed by atoms with Gasteiger partial charge in [-0.1, -0.05) is 52.4 Å². The maximum absolute atomic E-state index is 2.26. The highest BCUT2D eigenvalue weighted by molar-refractivity contribution is 4.88. The lowest BCUT2D eigenvalue weighted by atomic mass is 10.1. The Morgan fingerprint density at radius 3 is 1.43 bits per heavy atom. The number of rotatable bonds is 5. The van der Waals surface area contributed by atoms with E-state index in [-0.39, 0.29) is 0 Å². The van der Waals surface area contributed by atoms with E-state index in [1.165, 1.54) is 38.5 Å². The summed E-state index contributed by atoms with van der Waals surface area (Å²) < 4.78 is 2.00. The van der Waals surface area contributed by atoms with Gasteiger partial charge in [-0.25, -0.2) is 0 Å². The van der Waals surface area contributed by atoms with E-state index in [1.807, 2.05) is 36.1 Å². The zero-order valence-electron chi connectivity index (χ0n) is 10.00. The first-order chi connectivity index (χ1) is 6.81. The molecule has 0 aromatic carbocycles. The van der Waals surface area contributed by atoms with E-state index < -0.39 is 0 Å². The molecular formula is C13H25N. The summed E-state index contributed by atoms with van der Waals surface area (Å²) in [5.74, 6) is 0. The van der Waals surface area contributed by atoms with Crippen molar-refractivity contribution in [2.45, 2.75) is 52.4 Å². The normalized spacial score (nSPS) is 9.36. The molecule has 0 unspecified atom stereocenters. The fourth-order valence-electron chi connectivity index (χ4n) is 1.27. The van der Waals surface area contributed by atoms with E-state index in [9.17, 15) is 0 Å². The zero-order valence-corrected chi connectivity index (χ0v) is 10.00. The van der Waals surface area contributed by atoms with E-state index in [4.69, 9.17) is 0 Å². The highest BCUT2D eigenvalue weighted by Gasteiger charge is 1.83. The summed E-state index contributed by atoms with van der Waals surface area (Å²) >= 11 is 0. The molecule has 0 saturated carbocycles. The third kappa shape index (κ3) is 9.37. The number of aryl methyl sites for hydroxylation is 1. The molecule has 0 amide bonds. The Labute approximate surface area is 89.1 Å². The molecule has 0 aliphatic heterocycles. The molecule has 82 valence electrons. The molecular weight excluding hydrogens is 170 g/mol. The molecule has 1 heterocycles. The third-order valence-corrected chi connectivity index (χ3v) is 2.21. The SMILES string of the molecule is CCCCCCCC.Cn1cccc1. The lowest BCUT2D eigenvalue weighted by Crippen LogP contribution is -1.75. The molecule has 1 aromatic heterocycles. The Balaban J connectivity index is 0.000000249. The predicted octanol–water partition coefficient (Wildman–Crippen LogP) is 4.39. The van der Waals surface area contributed by atoms with Crippen molar-refractivity contribution < 1.29 is 0 Å². The zero-order chi connectivity index (χ0) is 10.6. The van der Waals surface area contributed by atoms with Gasteiger partial charge in [-0.15, -0.1) is 0 Å². The average Bonchev–Trinajstić information content (AvgIpc) is 2.65. The quantitative estimate of drug-likeness (QED) is 0.614. The van der Waals surface area contributed by atoms with Crippen LogP contribution < -0.4 is 0 Å². The Morgan fingerprint density at radius 1 is 0.786 bits per heavy atom. The maximum Gasteiger partial charge on any atom is 0.0106 e. The number of aromatic nitrogens is 1. The van der Waals surface area contributed by atoms with Crippen LogP contribution in [0.15, 0.2) is 24.5 Å². The summed E-state index contributed by atoms with van der Waals surface area (Å²) in [7, 11) is 2.00. The molecule has 0 fully saturated rings. The Morgan fingerprint density at radius 2 is 1.21 bits per heavy atom. The summed E-state index contributed by atoms with van der Waals surface area (Å²) in [6.07, 6.45) is 12.5. The van der Waals surface area contributed by atoms with Crippen LogP contribution in [0.25, 0.3) is 0 Å². The lowest BCUT2D eigenvalue weighted by molar-refractivity contribution is 0.624. The van der Waals surface area contributed by atoms with Crippen molar-refractivity contribution >= 4 is 0 Å². The van der Waals surface area contributed by atoms with E-state index in [0.29, 0.717) is 0 Å². The smallest absolute Gasteiger partial charge is 0.0106 e. The monoisotopic (exact) mass is 195 g/mol. The van der Waals surface area contributed by atoms with Crippen molar-refractivity contribution in [3.05, 3.63) is 24.5 Å². The first-order valence-electron chi connectivity index (χ1n) is 5.88. The summed E-state index contributed by atoms with van der Waals surface area (Å²) in [5.41, 5.74) is 0.